The molecule has 0 aromatic heterocycles. The number of amides is 4. The number of ether oxygens (including phenoxy) is 3. The van der Waals surface area contributed by atoms with Gasteiger partial charge in [-0.2, -0.15) is 0 Å². The first-order chi connectivity index (χ1) is 19.7. The van der Waals surface area contributed by atoms with E-state index in [-0.39, 0.29) is 48.6 Å². The van der Waals surface area contributed by atoms with Crippen LogP contribution in [0.2, 0.25) is 0 Å². The van der Waals surface area contributed by atoms with Crippen molar-refractivity contribution in [1.82, 2.24) is 9.80 Å². The molecule has 212 valence electrons. The summed E-state index contributed by atoms with van der Waals surface area (Å²) >= 11 is 0. The highest BCUT2D eigenvalue weighted by Crippen LogP contribution is 2.26. The molecule has 0 fully saturated rings. The van der Waals surface area contributed by atoms with Crippen LogP contribution in [0.5, 0.6) is 0 Å². The van der Waals surface area contributed by atoms with Crippen molar-refractivity contribution >= 4 is 41.5 Å². The number of esters is 3. The molecule has 4 amide bonds. The molecule has 0 atom stereocenters. The molecule has 2 aromatic carbocycles. The van der Waals surface area contributed by atoms with E-state index in [0.29, 0.717) is 0 Å². The largest absolute Gasteiger partial charge is 0.462 e. The summed E-state index contributed by atoms with van der Waals surface area (Å²) in [5, 5.41) is 0. The molecule has 2 aromatic rings. The van der Waals surface area contributed by atoms with E-state index in [1.807, 2.05) is 0 Å². The summed E-state index contributed by atoms with van der Waals surface area (Å²) in [4.78, 5) is 91.1. The minimum absolute atomic E-state index is 0.110. The predicted molar refractivity (Wildman–Crippen MR) is 139 cm³/mol. The van der Waals surface area contributed by atoms with Crippen molar-refractivity contribution in [3.8, 4) is 0 Å². The van der Waals surface area contributed by atoms with Gasteiger partial charge in [-0.05, 0) is 38.1 Å². The maximum atomic E-state index is 12.9. The van der Waals surface area contributed by atoms with Gasteiger partial charge in [0.2, 0.25) is 0 Å². The second-order valence-corrected chi connectivity index (χ2v) is 8.83. The molecule has 12 nitrogen and oxygen atoms in total. The Morgan fingerprint density at radius 2 is 0.976 bits per heavy atom. The van der Waals surface area contributed by atoms with E-state index < -0.39 is 65.7 Å². The monoisotopic (exact) mass is 562 g/mol. The molecule has 4 rings (SSSR count). The average molecular weight is 563 g/mol. The maximum Gasteiger partial charge on any atom is 0.349 e. The summed E-state index contributed by atoms with van der Waals surface area (Å²) in [6.45, 7) is 2.13. The summed E-state index contributed by atoms with van der Waals surface area (Å²) in [6, 6.07) is 12.4. The van der Waals surface area contributed by atoms with Crippen molar-refractivity contribution in [3.63, 3.8) is 0 Å². The number of hydrogen-bond donors (Lipinski definition) is 0. The van der Waals surface area contributed by atoms with Crippen molar-refractivity contribution in [2.24, 2.45) is 0 Å². The topological polar surface area (TPSA) is 154 Å². The number of imide groups is 2. The molecule has 12 heteroatoms. The third kappa shape index (κ3) is 5.76. The Bertz CT molecular complexity index is 1400. The van der Waals surface area contributed by atoms with E-state index >= 15 is 0 Å². The number of fused-ring (bicyclic) bond motifs is 2. The molecule has 2 aliphatic rings. The number of benzene rings is 2. The van der Waals surface area contributed by atoms with Crippen LogP contribution in [0, 0.1) is 0 Å². The fraction of sp³-hybridized carbons (Fsp3) is 0.276. The van der Waals surface area contributed by atoms with Crippen LogP contribution in [-0.4, -0.2) is 77.6 Å². The van der Waals surface area contributed by atoms with Crippen LogP contribution < -0.4 is 0 Å². The van der Waals surface area contributed by atoms with E-state index in [4.69, 9.17) is 14.2 Å². The van der Waals surface area contributed by atoms with Gasteiger partial charge in [-0.1, -0.05) is 24.3 Å². The molecule has 2 aliphatic heterocycles. The van der Waals surface area contributed by atoms with Crippen LogP contribution in [0.15, 0.2) is 59.9 Å². The number of carbonyl (C=O) groups is 7. The van der Waals surface area contributed by atoms with Crippen LogP contribution >= 0.6 is 0 Å². The molecule has 0 saturated carbocycles. The van der Waals surface area contributed by atoms with Gasteiger partial charge in [0.1, 0.15) is 5.76 Å². The highest BCUT2D eigenvalue weighted by molar-refractivity contribution is 6.22. The quantitative estimate of drug-likeness (QED) is 0.0758. The van der Waals surface area contributed by atoms with Crippen LogP contribution in [0.25, 0.3) is 0 Å². The fourth-order valence-electron chi connectivity index (χ4n) is 4.43. The first kappa shape index (κ1) is 28.9. The summed E-state index contributed by atoms with van der Waals surface area (Å²) < 4.78 is 15.3. The van der Waals surface area contributed by atoms with E-state index in [9.17, 15) is 33.6 Å². The Morgan fingerprint density at radius 1 is 0.610 bits per heavy atom. The number of hydrogen-bond acceptors (Lipinski definition) is 10. The highest BCUT2D eigenvalue weighted by atomic mass is 16.6. The van der Waals surface area contributed by atoms with E-state index in [2.05, 4.69) is 0 Å². The first-order valence-corrected chi connectivity index (χ1v) is 12.9. The minimum Gasteiger partial charge on any atom is -0.462 e. The molecule has 41 heavy (non-hydrogen) atoms. The van der Waals surface area contributed by atoms with Gasteiger partial charge < -0.3 is 14.2 Å². The summed E-state index contributed by atoms with van der Waals surface area (Å²) in [6.07, 6.45) is -0.877. The molecule has 0 bridgehead atoms. The molecule has 2 heterocycles. The van der Waals surface area contributed by atoms with Gasteiger partial charge in [-0.3, -0.25) is 33.8 Å². The molecular weight excluding hydrogens is 536 g/mol. The Hall–Kier alpha value is -5.13. The zero-order valence-electron chi connectivity index (χ0n) is 22.3. The van der Waals surface area contributed by atoms with Crippen molar-refractivity contribution in [1.29, 1.82) is 0 Å². The Kier molecular flexibility index (Phi) is 8.71. The van der Waals surface area contributed by atoms with Gasteiger partial charge in [0.15, 0.2) is 5.57 Å². The molecule has 0 radical (unpaired) electrons. The number of rotatable bonds is 11. The van der Waals surface area contributed by atoms with Gasteiger partial charge in [-0.15, -0.1) is 0 Å². The van der Waals surface area contributed by atoms with Gasteiger partial charge in [0, 0.05) is 19.5 Å². The lowest BCUT2D eigenvalue weighted by atomic mass is 10.1. The standard InChI is InChI=1S/C29H26N2O10/c1-3-39-28(37)23(29(38)40-4-2)21(13-15-30-24(33)17-9-5-6-10-18(17)25(30)34)41-22(32)14-16-31-26(35)19-11-7-8-12-20(19)27(31)36/h5-12H,3-4,13-16H2,1-2H3. The van der Waals surface area contributed by atoms with Gasteiger partial charge in [0.25, 0.3) is 23.6 Å². The van der Waals surface area contributed by atoms with Crippen molar-refractivity contribution in [3.05, 3.63) is 82.1 Å². The Labute approximate surface area is 234 Å². The number of carbonyl (C=O) groups excluding carboxylic acids is 7. The lowest BCUT2D eigenvalue weighted by molar-refractivity contribution is -0.147. The van der Waals surface area contributed by atoms with Crippen LogP contribution in [0.4, 0.5) is 0 Å². The van der Waals surface area contributed by atoms with E-state index in [0.717, 1.165) is 9.80 Å². The van der Waals surface area contributed by atoms with Gasteiger partial charge >= 0.3 is 17.9 Å². The maximum absolute atomic E-state index is 12.9. The van der Waals surface area contributed by atoms with E-state index in [1.54, 1.807) is 24.3 Å². The van der Waals surface area contributed by atoms with Crippen LogP contribution in [0.3, 0.4) is 0 Å². The molecule has 0 N–H and O–H groups in total. The van der Waals surface area contributed by atoms with Crippen molar-refractivity contribution in [2.75, 3.05) is 26.3 Å². The van der Waals surface area contributed by atoms with Crippen LogP contribution in [0.1, 0.15) is 68.1 Å². The van der Waals surface area contributed by atoms with Crippen LogP contribution in [-0.2, 0) is 28.6 Å². The predicted octanol–water partition coefficient (Wildman–Crippen LogP) is 2.28. The Morgan fingerprint density at radius 3 is 1.34 bits per heavy atom. The number of nitrogens with zero attached hydrogens (tertiary/aromatic N) is 2. The summed E-state index contributed by atoms with van der Waals surface area (Å²) in [5.74, 6) is -6.03. The molecule has 0 aliphatic carbocycles. The van der Waals surface area contributed by atoms with Gasteiger partial charge in [0.05, 0.1) is 41.9 Å². The van der Waals surface area contributed by atoms with E-state index in [1.165, 1.54) is 38.1 Å². The normalized spacial score (nSPS) is 13.6. The molecule has 0 unspecified atom stereocenters. The third-order valence-electron chi connectivity index (χ3n) is 6.33. The smallest absolute Gasteiger partial charge is 0.349 e. The minimum atomic E-state index is -1.13. The molecule has 0 spiro atoms. The summed E-state index contributed by atoms with van der Waals surface area (Å²) in [7, 11) is 0. The third-order valence-corrected chi connectivity index (χ3v) is 6.33. The second kappa shape index (κ2) is 12.4. The zero-order chi connectivity index (χ0) is 29.7. The fourth-order valence-corrected chi connectivity index (χ4v) is 4.43. The summed E-state index contributed by atoms with van der Waals surface area (Å²) in [5.41, 5.74) is 0.0898. The van der Waals surface area contributed by atoms with Gasteiger partial charge in [-0.25, -0.2) is 9.59 Å². The second-order valence-electron chi connectivity index (χ2n) is 8.83. The SMILES string of the molecule is CCOC(=O)C(C(=O)OCC)=C(CCN1C(=O)c2ccccc2C1=O)OC(=O)CCN1C(=O)c2ccccc2C1=O. The molecular formula is C29H26N2O10. The lowest BCUT2D eigenvalue weighted by Gasteiger charge is -2.18. The lowest BCUT2D eigenvalue weighted by Crippen LogP contribution is -2.33. The highest BCUT2D eigenvalue weighted by Gasteiger charge is 2.37. The average Bonchev–Trinajstić information content (AvgIpc) is 3.35. The van der Waals surface area contributed by atoms with Crippen molar-refractivity contribution < 1.29 is 47.8 Å². The zero-order valence-corrected chi connectivity index (χ0v) is 22.3. The first-order valence-electron chi connectivity index (χ1n) is 12.9. The Balaban J connectivity index is 1.55. The molecule has 0 saturated heterocycles. The van der Waals surface area contributed by atoms with Crippen molar-refractivity contribution in [2.45, 2.75) is 26.7 Å².